The first-order chi connectivity index (χ1) is 12.6. The lowest BCUT2D eigenvalue weighted by atomic mass is 10.2. The molecule has 0 radical (unpaired) electrons. The van der Waals surface area contributed by atoms with Crippen LogP contribution in [0.3, 0.4) is 0 Å². The first-order valence-electron chi connectivity index (χ1n) is 7.44. The van der Waals surface area contributed by atoms with Gasteiger partial charge in [0.1, 0.15) is 12.4 Å². The third kappa shape index (κ3) is 3.22. The van der Waals surface area contributed by atoms with E-state index in [1.807, 2.05) is 12.1 Å². The average Bonchev–Trinajstić information content (AvgIpc) is 3.21. The number of halogens is 1. The summed E-state index contributed by atoms with van der Waals surface area (Å²) in [5.74, 6) is 1.15. The van der Waals surface area contributed by atoms with Gasteiger partial charge in [0.25, 0.3) is 5.69 Å². The van der Waals surface area contributed by atoms with E-state index in [0.29, 0.717) is 26.6 Å². The minimum absolute atomic E-state index is 0.0174. The van der Waals surface area contributed by atoms with Crippen molar-refractivity contribution >= 4 is 33.6 Å². The van der Waals surface area contributed by atoms with Crippen molar-refractivity contribution in [3.05, 3.63) is 68.7 Å². The number of fused-ring (bicyclic) bond motifs is 1. The molecule has 0 saturated carbocycles. The van der Waals surface area contributed by atoms with Crippen LogP contribution >= 0.6 is 22.9 Å². The predicted octanol–water partition coefficient (Wildman–Crippen LogP) is 3.99. The molecule has 0 amide bonds. The van der Waals surface area contributed by atoms with Crippen LogP contribution in [-0.4, -0.2) is 24.7 Å². The summed E-state index contributed by atoms with van der Waals surface area (Å²) in [4.78, 5) is 10.9. The van der Waals surface area contributed by atoms with Gasteiger partial charge in [0.05, 0.1) is 4.92 Å². The molecule has 0 aliphatic rings. The number of non-ortho nitro benzene ring substituents is 1. The number of rotatable bonds is 5. The van der Waals surface area contributed by atoms with Crippen LogP contribution in [0, 0.1) is 10.1 Å². The first kappa shape index (κ1) is 16.4. The molecule has 4 rings (SSSR count). The van der Waals surface area contributed by atoms with Crippen LogP contribution in [0.25, 0.3) is 16.3 Å². The van der Waals surface area contributed by atoms with Crippen LogP contribution in [0.2, 0.25) is 5.02 Å². The molecule has 26 heavy (non-hydrogen) atoms. The van der Waals surface area contributed by atoms with Crippen molar-refractivity contribution in [2.24, 2.45) is 0 Å². The van der Waals surface area contributed by atoms with Crippen LogP contribution in [0.4, 0.5) is 5.69 Å². The summed E-state index contributed by atoms with van der Waals surface area (Å²) in [7, 11) is 0. The Hall–Kier alpha value is -3.04. The molecule has 0 saturated heterocycles. The van der Waals surface area contributed by atoms with Gasteiger partial charge in [-0.05, 0) is 36.4 Å². The number of benzene rings is 2. The lowest BCUT2D eigenvalue weighted by Gasteiger charge is -2.02. The zero-order chi connectivity index (χ0) is 18.1. The molecular formula is C16H10ClN5O3S. The van der Waals surface area contributed by atoms with Crippen LogP contribution in [-0.2, 0) is 6.61 Å². The van der Waals surface area contributed by atoms with Gasteiger partial charge in [-0.3, -0.25) is 10.1 Å². The Morgan fingerprint density at radius 3 is 2.54 bits per heavy atom. The summed E-state index contributed by atoms with van der Waals surface area (Å²) >= 11 is 7.27. The molecule has 4 aromatic rings. The predicted molar refractivity (Wildman–Crippen MR) is 96.5 cm³/mol. The molecule has 10 heteroatoms. The molecule has 2 heterocycles. The van der Waals surface area contributed by atoms with E-state index in [4.69, 9.17) is 16.3 Å². The molecule has 0 unspecified atom stereocenters. The first-order valence-corrected chi connectivity index (χ1v) is 8.64. The number of aromatic nitrogens is 4. The van der Waals surface area contributed by atoms with Crippen molar-refractivity contribution in [1.82, 2.24) is 19.8 Å². The second-order valence-corrected chi connectivity index (χ2v) is 6.74. The van der Waals surface area contributed by atoms with Crippen LogP contribution < -0.4 is 4.74 Å². The maximum absolute atomic E-state index is 10.7. The zero-order valence-electron chi connectivity index (χ0n) is 13.1. The van der Waals surface area contributed by atoms with Crippen molar-refractivity contribution < 1.29 is 9.66 Å². The van der Waals surface area contributed by atoms with Gasteiger partial charge < -0.3 is 4.74 Å². The van der Waals surface area contributed by atoms with Gasteiger partial charge >= 0.3 is 0 Å². The minimum atomic E-state index is -0.453. The Morgan fingerprint density at radius 1 is 1.12 bits per heavy atom. The number of ether oxygens (including phenoxy) is 1. The Labute approximate surface area is 155 Å². The van der Waals surface area contributed by atoms with Gasteiger partial charge in [0, 0.05) is 22.7 Å². The molecule has 0 bridgehead atoms. The lowest BCUT2D eigenvalue weighted by molar-refractivity contribution is -0.384. The minimum Gasteiger partial charge on any atom is -0.486 e. The largest absolute Gasteiger partial charge is 0.486 e. The van der Waals surface area contributed by atoms with Crippen molar-refractivity contribution in [1.29, 1.82) is 0 Å². The van der Waals surface area contributed by atoms with Gasteiger partial charge in [-0.15, -0.1) is 10.2 Å². The molecule has 2 aromatic heterocycles. The highest BCUT2D eigenvalue weighted by atomic mass is 35.5. The number of nitro groups is 1. The van der Waals surface area contributed by atoms with Gasteiger partial charge in [-0.1, -0.05) is 22.9 Å². The highest BCUT2D eigenvalue weighted by Crippen LogP contribution is 2.24. The zero-order valence-corrected chi connectivity index (χ0v) is 14.6. The fourth-order valence-electron chi connectivity index (χ4n) is 2.30. The maximum Gasteiger partial charge on any atom is 0.269 e. The van der Waals surface area contributed by atoms with E-state index in [-0.39, 0.29) is 12.3 Å². The molecule has 8 nitrogen and oxygen atoms in total. The molecule has 0 fully saturated rings. The Kier molecular flexibility index (Phi) is 4.23. The van der Waals surface area contributed by atoms with Crippen LogP contribution in [0.5, 0.6) is 5.75 Å². The van der Waals surface area contributed by atoms with Crippen molar-refractivity contribution in [2.75, 3.05) is 0 Å². The Balaban J connectivity index is 1.53. The summed E-state index contributed by atoms with van der Waals surface area (Å²) in [6, 6.07) is 13.2. The molecular weight excluding hydrogens is 378 g/mol. The summed E-state index contributed by atoms with van der Waals surface area (Å²) in [5, 5.41) is 24.8. The smallest absolute Gasteiger partial charge is 0.269 e. The lowest BCUT2D eigenvalue weighted by Crippen LogP contribution is -1.97. The van der Waals surface area contributed by atoms with Crippen molar-refractivity contribution in [3.8, 4) is 17.1 Å². The number of nitro benzene ring substituents is 1. The highest BCUT2D eigenvalue weighted by molar-refractivity contribution is 7.16. The number of hydrogen-bond acceptors (Lipinski definition) is 7. The molecule has 0 atom stereocenters. The fraction of sp³-hybridized carbons (Fsp3) is 0.0625. The van der Waals surface area contributed by atoms with E-state index in [1.54, 1.807) is 28.8 Å². The van der Waals surface area contributed by atoms with Gasteiger partial charge in [-0.25, -0.2) is 0 Å². The van der Waals surface area contributed by atoms with E-state index >= 15 is 0 Å². The van der Waals surface area contributed by atoms with Crippen LogP contribution in [0.15, 0.2) is 48.5 Å². The van der Waals surface area contributed by atoms with Gasteiger partial charge in [0.2, 0.25) is 4.96 Å². The molecule has 0 N–H and O–H groups in total. The SMILES string of the molecule is O=[N+]([O-])c1ccc(OCc2nn3c(-c4ccc(Cl)cc4)nnc3s2)cc1. The van der Waals surface area contributed by atoms with E-state index in [0.717, 1.165) is 5.56 Å². The summed E-state index contributed by atoms with van der Waals surface area (Å²) in [5.41, 5.74) is 0.874. The fourth-order valence-corrected chi connectivity index (χ4v) is 3.18. The number of hydrogen-bond donors (Lipinski definition) is 0. The molecule has 2 aromatic carbocycles. The van der Waals surface area contributed by atoms with E-state index in [1.165, 1.54) is 23.5 Å². The molecule has 0 aliphatic carbocycles. The molecule has 0 aliphatic heterocycles. The quantitative estimate of drug-likeness (QED) is 0.379. The monoisotopic (exact) mass is 387 g/mol. The normalized spacial score (nSPS) is 11.0. The summed E-state index contributed by atoms with van der Waals surface area (Å²) in [6.07, 6.45) is 0. The van der Waals surface area contributed by atoms with Crippen LogP contribution in [0.1, 0.15) is 5.01 Å². The molecule has 0 spiro atoms. The Morgan fingerprint density at radius 2 is 1.85 bits per heavy atom. The van der Waals surface area contributed by atoms with Gasteiger partial charge in [0.15, 0.2) is 10.8 Å². The second-order valence-electron chi connectivity index (χ2n) is 5.26. The molecule has 130 valence electrons. The van der Waals surface area contributed by atoms with E-state index in [9.17, 15) is 10.1 Å². The Bertz CT molecular complexity index is 1080. The standard InChI is InChI=1S/C16H10ClN5O3S/c17-11-3-1-10(2-4-11)15-18-19-16-21(15)20-14(26-16)9-25-13-7-5-12(6-8-13)22(23)24/h1-8H,9H2. The second kappa shape index (κ2) is 6.70. The third-order valence-electron chi connectivity index (χ3n) is 3.54. The van der Waals surface area contributed by atoms with Gasteiger partial charge in [-0.2, -0.15) is 9.61 Å². The summed E-state index contributed by atoms with van der Waals surface area (Å²) in [6.45, 7) is 0.228. The van der Waals surface area contributed by atoms with E-state index < -0.39 is 4.92 Å². The van der Waals surface area contributed by atoms with Crippen molar-refractivity contribution in [2.45, 2.75) is 6.61 Å². The summed E-state index contributed by atoms with van der Waals surface area (Å²) < 4.78 is 7.29. The number of nitrogens with zero attached hydrogens (tertiary/aromatic N) is 5. The highest BCUT2D eigenvalue weighted by Gasteiger charge is 2.14. The van der Waals surface area contributed by atoms with Crippen molar-refractivity contribution in [3.63, 3.8) is 0 Å². The topological polar surface area (TPSA) is 95.5 Å². The third-order valence-corrected chi connectivity index (χ3v) is 4.67. The van der Waals surface area contributed by atoms with E-state index in [2.05, 4.69) is 15.3 Å². The average molecular weight is 388 g/mol. The maximum atomic E-state index is 10.7.